The van der Waals surface area contributed by atoms with Crippen molar-refractivity contribution in [2.75, 3.05) is 0 Å². The van der Waals surface area contributed by atoms with Gasteiger partial charge in [0.25, 0.3) is 0 Å². The van der Waals surface area contributed by atoms with E-state index in [2.05, 4.69) is 36.4 Å². The predicted molar refractivity (Wildman–Crippen MR) is 118 cm³/mol. The van der Waals surface area contributed by atoms with Crippen LogP contribution in [0.25, 0.3) is 32.9 Å². The van der Waals surface area contributed by atoms with E-state index in [9.17, 15) is 5.73 Å². The molecule has 138 valence electrons. The molecule has 0 amide bonds. The van der Waals surface area contributed by atoms with Gasteiger partial charge in [0.1, 0.15) is 5.82 Å². The van der Waals surface area contributed by atoms with Crippen LogP contribution in [0, 0.1) is 0 Å². The summed E-state index contributed by atoms with van der Waals surface area (Å²) >= 11 is 0. The highest BCUT2D eigenvalue weighted by Crippen LogP contribution is 2.33. The van der Waals surface area contributed by atoms with Gasteiger partial charge in [0.15, 0.2) is 0 Å². The van der Waals surface area contributed by atoms with Crippen molar-refractivity contribution in [3.63, 3.8) is 0 Å². The van der Waals surface area contributed by atoms with Crippen molar-refractivity contribution in [1.82, 2.24) is 15.7 Å². The fourth-order valence-electron chi connectivity index (χ4n) is 3.92. The van der Waals surface area contributed by atoms with Gasteiger partial charge in [-0.25, -0.2) is 9.97 Å². The Bertz CT molecular complexity index is 1310. The van der Waals surface area contributed by atoms with Crippen LogP contribution < -0.4 is 5.73 Å². The van der Waals surface area contributed by atoms with Crippen molar-refractivity contribution < 1.29 is 0 Å². The van der Waals surface area contributed by atoms with Gasteiger partial charge >= 0.3 is 0 Å². The van der Waals surface area contributed by atoms with Crippen molar-refractivity contribution in [1.29, 1.82) is 0 Å². The lowest BCUT2D eigenvalue weighted by Gasteiger charge is -2.14. The Kier molecular flexibility index (Phi) is 4.51. The third-order valence-corrected chi connectivity index (χ3v) is 5.31. The number of rotatable bonds is 4. The van der Waals surface area contributed by atoms with E-state index in [0.717, 1.165) is 44.3 Å². The first kappa shape index (κ1) is 17.5. The maximum Gasteiger partial charge on any atom is 0.134 e. The summed E-state index contributed by atoms with van der Waals surface area (Å²) in [5, 5.41) is 3.16. The lowest BCUT2D eigenvalue weighted by Crippen LogP contribution is -2.02. The van der Waals surface area contributed by atoms with Gasteiger partial charge in [-0.3, -0.25) is 0 Å². The zero-order chi connectivity index (χ0) is 19.6. The van der Waals surface area contributed by atoms with Crippen LogP contribution in [0.4, 0.5) is 0 Å². The van der Waals surface area contributed by atoms with Crippen molar-refractivity contribution >= 4 is 21.7 Å². The van der Waals surface area contributed by atoms with E-state index in [1.165, 1.54) is 5.56 Å². The van der Waals surface area contributed by atoms with E-state index in [4.69, 9.17) is 9.97 Å². The first-order valence-corrected chi connectivity index (χ1v) is 9.75. The molecule has 0 saturated carbocycles. The first-order valence-electron chi connectivity index (χ1n) is 9.75. The van der Waals surface area contributed by atoms with Crippen LogP contribution in [0.5, 0.6) is 0 Å². The van der Waals surface area contributed by atoms with E-state index >= 15 is 0 Å². The molecule has 1 aromatic heterocycles. The molecule has 0 aliphatic rings. The summed E-state index contributed by atoms with van der Waals surface area (Å²) in [6.07, 6.45) is 0.667. The van der Waals surface area contributed by atoms with Crippen LogP contribution in [0.1, 0.15) is 17.0 Å². The van der Waals surface area contributed by atoms with Crippen molar-refractivity contribution in [3.8, 4) is 11.3 Å². The van der Waals surface area contributed by atoms with Gasteiger partial charge in [0, 0.05) is 17.4 Å². The number of aromatic nitrogens is 2. The Labute approximate surface area is 169 Å². The summed E-state index contributed by atoms with van der Waals surface area (Å²) < 4.78 is 0. The van der Waals surface area contributed by atoms with Gasteiger partial charge in [-0.1, -0.05) is 84.9 Å². The molecule has 0 aliphatic carbocycles. The van der Waals surface area contributed by atoms with E-state index in [1.807, 2.05) is 54.6 Å². The van der Waals surface area contributed by atoms with Crippen LogP contribution in [-0.2, 0) is 13.0 Å². The maximum atomic E-state index is 10.2. The van der Waals surface area contributed by atoms with Crippen LogP contribution in [0.3, 0.4) is 0 Å². The second-order valence-electron chi connectivity index (χ2n) is 7.14. The number of fused-ring (bicyclic) bond motifs is 2. The summed E-state index contributed by atoms with van der Waals surface area (Å²) in [4.78, 5) is 9.76. The van der Waals surface area contributed by atoms with Gasteiger partial charge in [-0.15, -0.1) is 5.73 Å². The monoisotopic (exact) mass is 373 g/mol. The lowest BCUT2D eigenvalue weighted by molar-refractivity contribution is 0.990. The third kappa shape index (κ3) is 3.26. The normalized spacial score (nSPS) is 11.2. The maximum absolute atomic E-state index is 10.2. The van der Waals surface area contributed by atoms with Crippen LogP contribution in [0.2, 0.25) is 0 Å². The summed E-state index contributed by atoms with van der Waals surface area (Å²) in [6.45, 7) is -0.0387. The average molecular weight is 373 g/mol. The van der Waals surface area contributed by atoms with E-state index in [-0.39, 0.29) is 6.54 Å². The fraction of sp³-hybridized carbons (Fsp3) is 0.0769. The van der Waals surface area contributed by atoms with Crippen molar-refractivity contribution in [2.24, 2.45) is 0 Å². The minimum Gasteiger partial charge on any atom is -0.233 e. The molecule has 29 heavy (non-hydrogen) atoms. The smallest absolute Gasteiger partial charge is 0.134 e. The Balaban J connectivity index is 1.75. The number of nitrogens with zero attached hydrogens (tertiary/aromatic N) is 3. The van der Waals surface area contributed by atoms with E-state index < -0.39 is 0 Å². The standard InChI is InChI=1S/C26H19N3/c27-17-23-20-11-5-4-10-19(20)14-15-21(23)26-22-12-6-7-13-24(22)28-25(29-26)16-18-8-2-1-3-9-18/h1-15H,16-17H2. The average Bonchev–Trinajstić information content (AvgIpc) is 2.78. The Morgan fingerprint density at radius 2 is 1.38 bits per heavy atom. The molecule has 3 nitrogen and oxygen atoms in total. The summed E-state index contributed by atoms with van der Waals surface area (Å²) in [5.74, 6) is 0.780. The Morgan fingerprint density at radius 1 is 0.655 bits per heavy atom. The number of benzene rings is 4. The van der Waals surface area contributed by atoms with Crippen LogP contribution >= 0.6 is 0 Å². The predicted octanol–water partition coefficient (Wildman–Crippen LogP) is 5.61. The lowest BCUT2D eigenvalue weighted by atomic mass is 9.95. The van der Waals surface area contributed by atoms with Gasteiger partial charge < -0.3 is 0 Å². The Morgan fingerprint density at radius 3 is 2.21 bits per heavy atom. The highest BCUT2D eigenvalue weighted by molar-refractivity contribution is 5.98. The Hall–Kier alpha value is -3.56. The largest absolute Gasteiger partial charge is 0.233 e. The van der Waals surface area contributed by atoms with Gasteiger partial charge in [-0.05, 0) is 28.0 Å². The molecule has 0 bridgehead atoms. The minimum atomic E-state index is -0.0387. The number of hydrogen-bond acceptors (Lipinski definition) is 2. The molecule has 0 spiro atoms. The molecule has 0 aliphatic heterocycles. The molecule has 0 unspecified atom stereocenters. The van der Waals surface area contributed by atoms with Crippen molar-refractivity contribution in [3.05, 3.63) is 108 Å². The van der Waals surface area contributed by atoms with Gasteiger partial charge in [0.2, 0.25) is 0 Å². The SMILES string of the molecule is [N]Cc1c(-c2nc(Cc3ccccc3)nc3ccccc23)ccc2ccccc12. The first-order chi connectivity index (χ1) is 14.3. The molecule has 1 heterocycles. The molecular weight excluding hydrogens is 354 g/mol. The molecule has 3 heteroatoms. The summed E-state index contributed by atoms with van der Waals surface area (Å²) in [5.41, 5.74) is 15.0. The number of para-hydroxylation sites is 1. The second kappa shape index (κ2) is 7.46. The third-order valence-electron chi connectivity index (χ3n) is 5.31. The second-order valence-corrected chi connectivity index (χ2v) is 7.14. The molecule has 0 fully saturated rings. The van der Waals surface area contributed by atoms with Crippen molar-refractivity contribution in [2.45, 2.75) is 13.0 Å². The highest BCUT2D eigenvalue weighted by atomic mass is 14.9. The van der Waals surface area contributed by atoms with Crippen LogP contribution in [0.15, 0.2) is 91.0 Å². The molecule has 0 N–H and O–H groups in total. The van der Waals surface area contributed by atoms with Gasteiger partial charge in [0.05, 0.1) is 17.8 Å². The molecule has 5 rings (SSSR count). The van der Waals surface area contributed by atoms with Crippen LogP contribution in [-0.4, -0.2) is 9.97 Å². The zero-order valence-corrected chi connectivity index (χ0v) is 15.9. The summed E-state index contributed by atoms with van der Waals surface area (Å²) in [7, 11) is 0. The highest BCUT2D eigenvalue weighted by Gasteiger charge is 2.15. The molecular formula is C26H19N3. The minimum absolute atomic E-state index is 0.0387. The topological polar surface area (TPSA) is 48.1 Å². The molecule has 0 saturated heterocycles. The molecule has 2 radical (unpaired) electrons. The molecule has 4 aromatic carbocycles. The quantitative estimate of drug-likeness (QED) is 0.411. The summed E-state index contributed by atoms with van der Waals surface area (Å²) in [6, 6.07) is 30.6. The molecule has 0 atom stereocenters. The van der Waals surface area contributed by atoms with Gasteiger partial charge in [-0.2, -0.15) is 0 Å². The van der Waals surface area contributed by atoms with E-state index in [1.54, 1.807) is 0 Å². The fourth-order valence-corrected chi connectivity index (χ4v) is 3.92. The molecule has 5 aromatic rings. The number of hydrogen-bond donors (Lipinski definition) is 0. The zero-order valence-electron chi connectivity index (χ0n) is 15.9. The van der Waals surface area contributed by atoms with E-state index in [0.29, 0.717) is 6.42 Å².